The minimum Gasteiger partial charge on any atom is -0.206 e. The highest BCUT2D eigenvalue weighted by molar-refractivity contribution is 5.54. The maximum atomic E-state index is 14.5. The average molecular weight is 441 g/mol. The molecule has 0 aromatic heterocycles. The molecule has 172 valence electrons. The van der Waals surface area contributed by atoms with Crippen molar-refractivity contribution in [2.24, 2.45) is 0 Å². The number of hydrogen-bond donors (Lipinski definition) is 0. The summed E-state index contributed by atoms with van der Waals surface area (Å²) < 4.78 is 43.2. The van der Waals surface area contributed by atoms with Crippen LogP contribution in [0.4, 0.5) is 13.2 Å². The van der Waals surface area contributed by atoms with Crippen LogP contribution in [0.1, 0.15) is 46.5 Å². The molecule has 0 aromatic rings. The van der Waals surface area contributed by atoms with Crippen molar-refractivity contribution >= 4 is 0 Å². The van der Waals surface area contributed by atoms with Gasteiger partial charge in [0.25, 0.3) is 0 Å². The Labute approximate surface area is 192 Å². The van der Waals surface area contributed by atoms with Crippen LogP contribution in [-0.4, -0.2) is 0 Å². The third-order valence-electron chi connectivity index (χ3n) is 4.71. The number of unbranched alkanes of at least 4 members (excludes halogenated alkanes) is 1. The molecule has 0 spiro atoms. The quantitative estimate of drug-likeness (QED) is 0.186. The van der Waals surface area contributed by atoms with Gasteiger partial charge in [0.1, 0.15) is 5.83 Å². The van der Waals surface area contributed by atoms with Gasteiger partial charge >= 0.3 is 0 Å². The van der Waals surface area contributed by atoms with Gasteiger partial charge in [-0.3, -0.25) is 0 Å². The summed E-state index contributed by atoms with van der Waals surface area (Å²) in [4.78, 5) is 0. The Bertz CT molecular complexity index is 927. The highest BCUT2D eigenvalue weighted by Gasteiger charge is 2.14. The van der Waals surface area contributed by atoms with Crippen LogP contribution in [0.25, 0.3) is 0 Å². The fraction of sp³-hybridized carbons (Fsp3) is 0.241. The van der Waals surface area contributed by atoms with Crippen LogP contribution in [-0.2, 0) is 0 Å². The van der Waals surface area contributed by atoms with E-state index < -0.39 is 17.5 Å². The van der Waals surface area contributed by atoms with Crippen LogP contribution in [0.2, 0.25) is 0 Å². The van der Waals surface area contributed by atoms with Gasteiger partial charge in [0.15, 0.2) is 11.7 Å². The van der Waals surface area contributed by atoms with E-state index in [0.29, 0.717) is 18.4 Å². The molecule has 0 saturated heterocycles. The second-order valence-corrected chi connectivity index (χ2v) is 7.37. The highest BCUT2D eigenvalue weighted by atomic mass is 19.2. The van der Waals surface area contributed by atoms with Crippen LogP contribution in [0, 0.1) is 0 Å². The molecule has 0 saturated carbocycles. The molecule has 0 aliphatic carbocycles. The van der Waals surface area contributed by atoms with Crippen molar-refractivity contribution in [2.75, 3.05) is 0 Å². The van der Waals surface area contributed by atoms with E-state index in [1.54, 1.807) is 0 Å². The van der Waals surface area contributed by atoms with E-state index in [1.807, 2.05) is 32.1 Å². The van der Waals surface area contributed by atoms with E-state index in [4.69, 9.17) is 0 Å². The maximum Gasteiger partial charge on any atom is 0.166 e. The van der Waals surface area contributed by atoms with Gasteiger partial charge in [-0.2, -0.15) is 0 Å². The zero-order chi connectivity index (χ0) is 24.8. The van der Waals surface area contributed by atoms with E-state index in [-0.39, 0.29) is 27.9 Å². The van der Waals surface area contributed by atoms with Gasteiger partial charge in [-0.1, -0.05) is 83.2 Å². The first-order valence-corrected chi connectivity index (χ1v) is 10.5. The van der Waals surface area contributed by atoms with E-state index >= 15 is 0 Å². The van der Waals surface area contributed by atoms with Gasteiger partial charge in [-0.15, -0.1) is 0 Å². The summed E-state index contributed by atoms with van der Waals surface area (Å²) in [6.45, 7) is 28.0. The van der Waals surface area contributed by atoms with Crippen LogP contribution in [0.15, 0.2) is 132 Å². The summed E-state index contributed by atoms with van der Waals surface area (Å²) in [6, 6.07) is 0. The SMILES string of the molecule is C=C(/C=C\C(=C)C(=C)/C(F)=C\C(=C)/C(C)=C/CCC)C(=C)/C(F)=C(/F)C(=C)CC/C=C/C. The van der Waals surface area contributed by atoms with E-state index in [2.05, 4.69) is 46.4 Å². The van der Waals surface area contributed by atoms with Gasteiger partial charge in [-0.05, 0) is 67.1 Å². The molecule has 0 aliphatic heterocycles. The first kappa shape index (κ1) is 28.9. The Balaban J connectivity index is 5.24. The lowest BCUT2D eigenvalue weighted by molar-refractivity contribution is 0.552. The van der Waals surface area contributed by atoms with Gasteiger partial charge < -0.3 is 0 Å². The zero-order valence-electron chi connectivity index (χ0n) is 19.7. The number of allylic oxidation sites excluding steroid dienone is 16. The van der Waals surface area contributed by atoms with Crippen molar-refractivity contribution < 1.29 is 13.2 Å². The van der Waals surface area contributed by atoms with Crippen molar-refractivity contribution in [3.8, 4) is 0 Å². The number of hydrogen-bond acceptors (Lipinski definition) is 0. The van der Waals surface area contributed by atoms with Gasteiger partial charge in [-0.25, -0.2) is 13.2 Å². The summed E-state index contributed by atoms with van der Waals surface area (Å²) in [5, 5.41) is 0. The molecule has 0 fully saturated rings. The molecular formula is C29H35F3. The Kier molecular flexibility index (Phi) is 13.4. The van der Waals surface area contributed by atoms with Crippen LogP contribution in [0.5, 0.6) is 0 Å². The summed E-state index contributed by atoms with van der Waals surface area (Å²) in [7, 11) is 0. The minimum absolute atomic E-state index is 0.0482. The lowest BCUT2D eigenvalue weighted by atomic mass is 10.0. The topological polar surface area (TPSA) is 0 Å². The Morgan fingerprint density at radius 3 is 1.88 bits per heavy atom. The van der Waals surface area contributed by atoms with Crippen molar-refractivity contribution in [1.82, 2.24) is 0 Å². The molecule has 32 heavy (non-hydrogen) atoms. The van der Waals surface area contributed by atoms with Crippen LogP contribution < -0.4 is 0 Å². The molecule has 0 heterocycles. The molecule has 0 atom stereocenters. The monoisotopic (exact) mass is 440 g/mol. The molecule has 0 rings (SSSR count). The average Bonchev–Trinajstić information content (AvgIpc) is 2.78. The molecule has 0 nitrogen and oxygen atoms in total. The zero-order valence-corrected chi connectivity index (χ0v) is 19.7. The third-order valence-corrected chi connectivity index (χ3v) is 4.71. The fourth-order valence-electron chi connectivity index (χ4n) is 2.36. The molecule has 0 aromatic carbocycles. The predicted molar refractivity (Wildman–Crippen MR) is 135 cm³/mol. The van der Waals surface area contributed by atoms with Gasteiger partial charge in [0.2, 0.25) is 0 Å². The number of halogens is 3. The lowest BCUT2D eigenvalue weighted by Gasteiger charge is -2.08. The summed E-state index contributed by atoms with van der Waals surface area (Å²) in [5.41, 5.74) is 1.71. The molecular weight excluding hydrogens is 405 g/mol. The standard InChI is InChI=1S/C29H35F3/c1-10-12-14-16-23(6)28(31)29(32)26(9)22(5)18-17-21(4)25(8)27(30)19-24(7)20(3)15-13-11-2/h10,12,15,17-19H,4-9,11,13-14,16H2,1-3H3/b12-10+,18-17-,20-15+,27-19+,29-28-. The van der Waals surface area contributed by atoms with Crippen molar-refractivity contribution in [3.05, 3.63) is 132 Å². The van der Waals surface area contributed by atoms with Crippen molar-refractivity contribution in [1.29, 1.82) is 0 Å². The van der Waals surface area contributed by atoms with Crippen LogP contribution in [0.3, 0.4) is 0 Å². The molecule has 0 amide bonds. The first-order valence-electron chi connectivity index (χ1n) is 10.5. The van der Waals surface area contributed by atoms with E-state index in [1.165, 1.54) is 18.2 Å². The lowest BCUT2D eigenvalue weighted by Crippen LogP contribution is -1.92. The predicted octanol–water partition coefficient (Wildman–Crippen LogP) is 9.99. The molecule has 0 bridgehead atoms. The van der Waals surface area contributed by atoms with Crippen molar-refractivity contribution in [2.45, 2.75) is 46.5 Å². The van der Waals surface area contributed by atoms with E-state index in [0.717, 1.165) is 18.4 Å². The normalized spacial score (nSPS) is 13.3. The molecule has 0 unspecified atom stereocenters. The second kappa shape index (κ2) is 14.9. The van der Waals surface area contributed by atoms with Crippen molar-refractivity contribution in [3.63, 3.8) is 0 Å². The fourth-order valence-corrected chi connectivity index (χ4v) is 2.36. The first-order chi connectivity index (χ1) is 15.0. The summed E-state index contributed by atoms with van der Waals surface area (Å²) in [5.74, 6) is -2.74. The third kappa shape index (κ3) is 9.82. The minimum atomic E-state index is -1.12. The Morgan fingerprint density at radius 2 is 1.34 bits per heavy atom. The Morgan fingerprint density at radius 1 is 0.781 bits per heavy atom. The molecule has 0 radical (unpaired) electrons. The molecule has 0 aliphatic rings. The summed E-state index contributed by atoms with van der Waals surface area (Å²) >= 11 is 0. The second-order valence-electron chi connectivity index (χ2n) is 7.37. The smallest absolute Gasteiger partial charge is 0.166 e. The number of rotatable bonds is 14. The van der Waals surface area contributed by atoms with Gasteiger partial charge in [0.05, 0.1) is 0 Å². The molecule has 3 heteroatoms. The van der Waals surface area contributed by atoms with Crippen LogP contribution >= 0.6 is 0 Å². The van der Waals surface area contributed by atoms with E-state index in [9.17, 15) is 13.2 Å². The Hall–Kier alpha value is -3.07. The van der Waals surface area contributed by atoms with Gasteiger partial charge in [0, 0.05) is 11.1 Å². The maximum absolute atomic E-state index is 14.5. The molecule has 0 N–H and O–H groups in total. The highest BCUT2D eigenvalue weighted by Crippen LogP contribution is 2.29. The summed E-state index contributed by atoms with van der Waals surface area (Å²) in [6.07, 6.45) is 12.5. The largest absolute Gasteiger partial charge is 0.206 e.